The molecule has 2 aliphatic rings. The highest BCUT2D eigenvalue weighted by Gasteiger charge is 2.40. The monoisotopic (exact) mass is 466 g/mol. The molecule has 1 unspecified atom stereocenters. The van der Waals surface area contributed by atoms with Gasteiger partial charge in [0.05, 0.1) is 18.6 Å². The van der Waals surface area contributed by atoms with E-state index in [-0.39, 0.29) is 24.8 Å². The van der Waals surface area contributed by atoms with Gasteiger partial charge < -0.3 is 19.6 Å². The predicted molar refractivity (Wildman–Crippen MR) is 132 cm³/mol. The van der Waals surface area contributed by atoms with Crippen molar-refractivity contribution in [1.82, 2.24) is 9.80 Å². The summed E-state index contributed by atoms with van der Waals surface area (Å²) in [5, 5.41) is 10.1. The molecule has 6 nitrogen and oxygen atoms in total. The second-order valence-electron chi connectivity index (χ2n) is 8.32. The highest BCUT2D eigenvalue weighted by Crippen LogP contribution is 2.25. The molecule has 0 spiro atoms. The summed E-state index contributed by atoms with van der Waals surface area (Å²) in [5.41, 5.74) is 2.09. The molecule has 0 aromatic heterocycles. The van der Waals surface area contributed by atoms with Crippen LogP contribution in [0.25, 0.3) is 12.2 Å². The van der Waals surface area contributed by atoms with Gasteiger partial charge >= 0.3 is 0 Å². The average molecular weight is 467 g/mol. The summed E-state index contributed by atoms with van der Waals surface area (Å²) < 4.78 is 5.97. The van der Waals surface area contributed by atoms with Crippen LogP contribution in [0.1, 0.15) is 30.4 Å². The van der Waals surface area contributed by atoms with Gasteiger partial charge in [-0.2, -0.15) is 0 Å². The molecule has 1 N–H and O–H groups in total. The maximum Gasteiger partial charge on any atom is 0.246 e. The Balaban J connectivity index is 1.28. The molecule has 4 rings (SSSR count). The molecule has 33 heavy (non-hydrogen) atoms. The first kappa shape index (κ1) is 23.4. The highest BCUT2D eigenvalue weighted by atomic mass is 32.2. The average Bonchev–Trinajstić information content (AvgIpc) is 3.51. The topological polar surface area (TPSA) is 70.1 Å². The summed E-state index contributed by atoms with van der Waals surface area (Å²) >= 11 is 1.72. The van der Waals surface area contributed by atoms with E-state index >= 15 is 0 Å². The Hall–Kier alpha value is -2.77. The maximum atomic E-state index is 12.8. The quantitative estimate of drug-likeness (QED) is 0.476. The number of para-hydroxylation sites is 1. The van der Waals surface area contributed by atoms with Crippen molar-refractivity contribution in [2.24, 2.45) is 0 Å². The molecule has 2 aliphatic heterocycles. The first-order chi connectivity index (χ1) is 16.1. The van der Waals surface area contributed by atoms with Crippen molar-refractivity contribution in [2.45, 2.75) is 31.4 Å². The number of aliphatic hydroxyl groups is 1. The van der Waals surface area contributed by atoms with Crippen molar-refractivity contribution in [3.05, 3.63) is 65.7 Å². The second-order valence-corrected chi connectivity index (χ2v) is 9.40. The fraction of sp³-hybridized carbons (Fsp3) is 0.385. The van der Waals surface area contributed by atoms with Crippen LogP contribution < -0.4 is 4.74 Å². The predicted octanol–water partition coefficient (Wildman–Crippen LogP) is 3.51. The van der Waals surface area contributed by atoms with Crippen LogP contribution in [0.2, 0.25) is 0 Å². The van der Waals surface area contributed by atoms with Crippen molar-refractivity contribution in [1.29, 1.82) is 0 Å². The number of carbonyl (C=O) groups excluding carboxylic acids is 2. The van der Waals surface area contributed by atoms with Crippen LogP contribution in [0.4, 0.5) is 0 Å². The van der Waals surface area contributed by atoms with Gasteiger partial charge in [-0.3, -0.25) is 9.59 Å². The summed E-state index contributed by atoms with van der Waals surface area (Å²) in [6, 6.07) is 17.3. The Morgan fingerprint density at radius 3 is 2.67 bits per heavy atom. The smallest absolute Gasteiger partial charge is 0.246 e. The number of nitrogens with zero attached hydrogens (tertiary/aromatic N) is 2. The molecular weight excluding hydrogens is 436 g/mol. The van der Waals surface area contributed by atoms with Gasteiger partial charge in [0.15, 0.2) is 0 Å². The van der Waals surface area contributed by atoms with Gasteiger partial charge in [0.1, 0.15) is 11.8 Å². The van der Waals surface area contributed by atoms with Crippen LogP contribution in [-0.2, 0) is 9.59 Å². The number of hydrogen-bond donors (Lipinski definition) is 1. The number of hydrogen-bond acceptors (Lipinski definition) is 5. The van der Waals surface area contributed by atoms with E-state index in [0.29, 0.717) is 31.9 Å². The molecular formula is C26H30N2O4S. The van der Waals surface area contributed by atoms with Gasteiger partial charge in [0, 0.05) is 37.2 Å². The third-order valence-electron chi connectivity index (χ3n) is 5.92. The van der Waals surface area contributed by atoms with Gasteiger partial charge in [-0.1, -0.05) is 60.7 Å². The maximum absolute atomic E-state index is 12.8. The number of ether oxygens (including phenoxy) is 1. The van der Waals surface area contributed by atoms with E-state index in [4.69, 9.17) is 4.74 Å². The van der Waals surface area contributed by atoms with E-state index in [1.807, 2.05) is 66.7 Å². The minimum atomic E-state index is -0.641. The van der Waals surface area contributed by atoms with Crippen LogP contribution in [0, 0.1) is 0 Å². The van der Waals surface area contributed by atoms with Gasteiger partial charge in [-0.25, -0.2) is 0 Å². The highest BCUT2D eigenvalue weighted by molar-refractivity contribution is 7.99. The van der Waals surface area contributed by atoms with E-state index < -0.39 is 12.1 Å². The van der Waals surface area contributed by atoms with Crippen molar-refractivity contribution in [3.63, 3.8) is 0 Å². The minimum Gasteiger partial charge on any atom is -0.493 e. The third-order valence-corrected chi connectivity index (χ3v) is 6.88. The van der Waals surface area contributed by atoms with Crippen molar-refractivity contribution < 1.29 is 19.4 Å². The van der Waals surface area contributed by atoms with Crippen molar-refractivity contribution >= 4 is 35.7 Å². The van der Waals surface area contributed by atoms with Gasteiger partial charge in [0.2, 0.25) is 11.8 Å². The lowest BCUT2D eigenvalue weighted by atomic mass is 10.1. The standard InChI is InChI=1S/C26H30N2O4S/c29-22-17-23(26(31)27-14-16-33-19-27)28(18-22)25(30)11-6-15-32-24-10-5-4-9-21(24)13-12-20-7-2-1-3-8-20/h1-5,7-10,12-13,22-23,29H,6,11,14-19H2/t22?,23-/m0/s1. The molecule has 174 valence electrons. The summed E-state index contributed by atoms with van der Waals surface area (Å²) in [4.78, 5) is 29.0. The minimum absolute atomic E-state index is 0.0414. The number of rotatable bonds is 8. The Bertz CT molecular complexity index is 975. The lowest BCUT2D eigenvalue weighted by Gasteiger charge is -2.27. The number of carbonyl (C=O) groups is 2. The third kappa shape index (κ3) is 6.18. The molecule has 0 aliphatic carbocycles. The van der Waals surface area contributed by atoms with Crippen molar-refractivity contribution in [3.8, 4) is 5.75 Å². The lowest BCUT2D eigenvalue weighted by Crippen LogP contribution is -2.47. The summed E-state index contributed by atoms with van der Waals surface area (Å²) in [5.74, 6) is 2.22. The Labute approximate surface area is 199 Å². The molecule has 2 aromatic carbocycles. The Kier molecular flexibility index (Phi) is 8.07. The van der Waals surface area contributed by atoms with E-state index in [1.54, 1.807) is 21.6 Å². The van der Waals surface area contributed by atoms with Crippen LogP contribution in [-0.4, -0.2) is 70.2 Å². The zero-order valence-corrected chi connectivity index (χ0v) is 19.5. The molecule has 2 fully saturated rings. The number of β-amino-alcohol motifs (C(OH)–C–C–N with tert-alkyl or cyclic N) is 1. The van der Waals surface area contributed by atoms with Crippen LogP contribution >= 0.6 is 11.8 Å². The first-order valence-corrected chi connectivity index (χ1v) is 12.6. The summed E-state index contributed by atoms with van der Waals surface area (Å²) in [6.07, 6.45) is 4.58. The summed E-state index contributed by atoms with van der Waals surface area (Å²) in [7, 11) is 0. The molecule has 2 heterocycles. The van der Waals surface area contributed by atoms with Gasteiger partial charge in [-0.15, -0.1) is 11.8 Å². The molecule has 2 amide bonds. The van der Waals surface area contributed by atoms with Crippen LogP contribution in [0.15, 0.2) is 54.6 Å². The zero-order valence-electron chi connectivity index (χ0n) is 18.6. The number of amides is 2. The molecule has 0 bridgehead atoms. The second kappa shape index (κ2) is 11.4. The number of benzene rings is 2. The summed E-state index contributed by atoms with van der Waals surface area (Å²) in [6.45, 7) is 1.34. The Morgan fingerprint density at radius 1 is 1.09 bits per heavy atom. The van der Waals surface area contributed by atoms with Crippen LogP contribution in [0.5, 0.6) is 5.75 Å². The number of likely N-dealkylation sites (tertiary alicyclic amines) is 1. The zero-order chi connectivity index (χ0) is 23.0. The molecule has 2 saturated heterocycles. The van der Waals surface area contributed by atoms with E-state index in [0.717, 1.165) is 22.6 Å². The molecule has 0 radical (unpaired) electrons. The Morgan fingerprint density at radius 2 is 1.88 bits per heavy atom. The molecule has 2 aromatic rings. The van der Waals surface area contributed by atoms with Crippen LogP contribution in [0.3, 0.4) is 0 Å². The number of aliphatic hydroxyl groups excluding tert-OH is 1. The number of thioether (sulfide) groups is 1. The van der Waals surface area contributed by atoms with Gasteiger partial charge in [0.25, 0.3) is 0 Å². The van der Waals surface area contributed by atoms with Crippen molar-refractivity contribution in [2.75, 3.05) is 31.3 Å². The normalized spacial score (nSPS) is 20.5. The lowest BCUT2D eigenvalue weighted by molar-refractivity contribution is -0.143. The van der Waals surface area contributed by atoms with Gasteiger partial charge in [-0.05, 0) is 18.1 Å². The fourth-order valence-corrected chi connectivity index (χ4v) is 5.13. The molecule has 0 saturated carbocycles. The first-order valence-electron chi connectivity index (χ1n) is 11.4. The fourth-order valence-electron chi connectivity index (χ4n) is 4.17. The molecule has 7 heteroatoms. The molecule has 2 atom stereocenters. The van der Waals surface area contributed by atoms with E-state index in [9.17, 15) is 14.7 Å². The SMILES string of the molecule is O=C([C@@H]1CC(O)CN1C(=O)CCCOc1ccccc1C=Cc1ccccc1)N1CCSC1. The van der Waals surface area contributed by atoms with E-state index in [1.165, 1.54) is 0 Å². The largest absolute Gasteiger partial charge is 0.493 e. The van der Waals surface area contributed by atoms with E-state index in [2.05, 4.69) is 0 Å².